The number of hydrogen-bond donors (Lipinski definition) is 2. The minimum atomic E-state index is -4.85. The molecule has 0 saturated carbocycles. The molecular formula is C4H6F3NO4. The number of esters is 1. The zero-order chi connectivity index (χ0) is 10.4. The van der Waals surface area contributed by atoms with Crippen LogP contribution in [0.5, 0.6) is 0 Å². The maximum atomic E-state index is 11.0. The molecule has 0 aromatic heterocycles. The second kappa shape index (κ2) is 5.22. The van der Waals surface area contributed by atoms with Gasteiger partial charge in [-0.3, -0.25) is 0 Å². The first-order valence-corrected chi connectivity index (χ1v) is 2.35. The molecule has 0 bridgehead atoms. The van der Waals surface area contributed by atoms with E-state index in [1.807, 2.05) is 0 Å². The van der Waals surface area contributed by atoms with Crippen molar-refractivity contribution in [1.82, 2.24) is 0 Å². The van der Waals surface area contributed by atoms with Gasteiger partial charge in [0.15, 0.2) is 0 Å². The van der Waals surface area contributed by atoms with Crippen LogP contribution in [-0.2, 0) is 9.53 Å². The Balaban J connectivity index is 0. The van der Waals surface area contributed by atoms with Crippen molar-refractivity contribution in [1.29, 1.82) is 0 Å². The van der Waals surface area contributed by atoms with Crippen LogP contribution < -0.4 is 5.73 Å². The molecule has 12 heavy (non-hydrogen) atoms. The minimum Gasteiger partial charge on any atom is -0.465 e. The molecule has 0 heterocycles. The maximum absolute atomic E-state index is 11.0. The fourth-order valence-corrected chi connectivity index (χ4v) is 0.116. The van der Waals surface area contributed by atoms with Gasteiger partial charge in [-0.15, -0.1) is 0 Å². The Kier molecular flexibility index (Phi) is 5.71. The Morgan fingerprint density at radius 1 is 1.42 bits per heavy atom. The van der Waals surface area contributed by atoms with Crippen LogP contribution in [0.3, 0.4) is 0 Å². The molecule has 0 aromatic carbocycles. The molecule has 0 unspecified atom stereocenters. The third-order valence-corrected chi connectivity index (χ3v) is 0.417. The number of nitrogens with two attached hydrogens (primary N) is 1. The van der Waals surface area contributed by atoms with Crippen molar-refractivity contribution < 1.29 is 32.6 Å². The topological polar surface area (TPSA) is 89.6 Å². The van der Waals surface area contributed by atoms with Crippen molar-refractivity contribution in [2.45, 2.75) is 6.18 Å². The molecule has 0 fully saturated rings. The van der Waals surface area contributed by atoms with Gasteiger partial charge in [-0.2, -0.15) is 13.2 Å². The van der Waals surface area contributed by atoms with Crippen LogP contribution in [0.1, 0.15) is 0 Å². The van der Waals surface area contributed by atoms with Gasteiger partial charge >= 0.3 is 18.2 Å². The second-order valence-electron chi connectivity index (χ2n) is 1.33. The van der Waals surface area contributed by atoms with Crippen LogP contribution in [0.15, 0.2) is 0 Å². The Bertz CT molecular complexity index is 162. The number of primary amides is 1. The third kappa shape index (κ3) is 11.3. The van der Waals surface area contributed by atoms with Crippen molar-refractivity contribution in [2.75, 3.05) is 7.11 Å². The van der Waals surface area contributed by atoms with E-state index in [4.69, 9.17) is 9.90 Å². The maximum Gasteiger partial charge on any atom is 0.490 e. The quantitative estimate of drug-likeness (QED) is 0.538. The van der Waals surface area contributed by atoms with Gasteiger partial charge < -0.3 is 15.6 Å². The van der Waals surface area contributed by atoms with E-state index < -0.39 is 18.2 Å². The number of carboxylic acid groups (broad SMARTS) is 1. The minimum absolute atomic E-state index is 0.676. The van der Waals surface area contributed by atoms with E-state index in [1.54, 1.807) is 0 Å². The summed E-state index contributed by atoms with van der Waals surface area (Å²) in [7, 11) is 0.676. The zero-order valence-electron chi connectivity index (χ0n) is 5.88. The summed E-state index contributed by atoms with van der Waals surface area (Å²) in [6.07, 6.45) is -6.19. The first kappa shape index (κ1) is 13.1. The molecule has 0 atom stereocenters. The van der Waals surface area contributed by atoms with E-state index >= 15 is 0 Å². The molecule has 0 radical (unpaired) electrons. The molecule has 3 N–H and O–H groups in total. The highest BCUT2D eigenvalue weighted by molar-refractivity contribution is 5.75. The fourth-order valence-electron chi connectivity index (χ4n) is 0.116. The normalized spacial score (nSPS) is 9.33. The first-order chi connectivity index (χ1) is 5.21. The van der Waals surface area contributed by atoms with E-state index in [-0.39, 0.29) is 0 Å². The monoisotopic (exact) mass is 189 g/mol. The summed E-state index contributed by atoms with van der Waals surface area (Å²) in [4.78, 5) is 18.3. The predicted molar refractivity (Wildman–Crippen MR) is 30.3 cm³/mol. The van der Waals surface area contributed by atoms with E-state index in [9.17, 15) is 18.0 Å². The second-order valence-corrected chi connectivity index (χ2v) is 1.33. The lowest BCUT2D eigenvalue weighted by molar-refractivity contribution is -0.196. The average Bonchev–Trinajstić information content (AvgIpc) is 1.82. The first-order valence-electron chi connectivity index (χ1n) is 2.35. The third-order valence-electron chi connectivity index (χ3n) is 0.417. The van der Waals surface area contributed by atoms with Crippen molar-refractivity contribution in [3.8, 4) is 0 Å². The van der Waals surface area contributed by atoms with Gasteiger partial charge in [0.25, 0.3) is 0 Å². The average molecular weight is 189 g/mol. The van der Waals surface area contributed by atoms with Crippen molar-refractivity contribution in [2.24, 2.45) is 5.73 Å². The smallest absolute Gasteiger partial charge is 0.465 e. The van der Waals surface area contributed by atoms with Gasteiger partial charge in [0, 0.05) is 0 Å². The van der Waals surface area contributed by atoms with E-state index in [0.29, 0.717) is 7.11 Å². The number of amides is 1. The molecule has 8 heteroatoms. The summed E-state index contributed by atoms with van der Waals surface area (Å²) in [6, 6.07) is 0. The number of carbonyl (C=O) groups excluding carboxylic acids is 1. The van der Waals surface area contributed by atoms with Crippen LogP contribution in [-0.4, -0.2) is 30.5 Å². The summed E-state index contributed by atoms with van der Waals surface area (Å²) >= 11 is 0. The van der Waals surface area contributed by atoms with Gasteiger partial charge in [-0.05, 0) is 0 Å². The Morgan fingerprint density at radius 3 is 1.67 bits per heavy atom. The van der Waals surface area contributed by atoms with Crippen LogP contribution in [0.2, 0.25) is 0 Å². The molecule has 72 valence electrons. The van der Waals surface area contributed by atoms with Crippen LogP contribution in [0.4, 0.5) is 18.0 Å². The van der Waals surface area contributed by atoms with Crippen LogP contribution in [0, 0.1) is 0 Å². The lowest BCUT2D eigenvalue weighted by Crippen LogP contribution is -2.23. The number of rotatable bonds is 0. The standard InChI is InChI=1S/C3H3F3O2.CH3NO2/c1-8-2(7)3(4,5)6;2-1(3)4/h1H3;2H2,(H,3,4). The molecule has 0 aliphatic rings. The van der Waals surface area contributed by atoms with E-state index in [2.05, 4.69) is 10.5 Å². The number of methoxy groups -OCH3 is 1. The molecule has 5 nitrogen and oxygen atoms in total. The summed E-state index contributed by atoms with van der Waals surface area (Å²) in [6.45, 7) is 0. The molecule has 0 saturated heterocycles. The van der Waals surface area contributed by atoms with Crippen molar-refractivity contribution in [3.05, 3.63) is 0 Å². The number of alkyl halides is 3. The highest BCUT2D eigenvalue weighted by atomic mass is 19.4. The van der Waals surface area contributed by atoms with Gasteiger partial charge in [0.2, 0.25) is 0 Å². The molecular weight excluding hydrogens is 183 g/mol. The van der Waals surface area contributed by atoms with Crippen LogP contribution in [0.25, 0.3) is 0 Å². The summed E-state index contributed by atoms with van der Waals surface area (Å²) in [5, 5.41) is 7.19. The summed E-state index contributed by atoms with van der Waals surface area (Å²) in [5.41, 5.74) is 4.03. The molecule has 0 rings (SSSR count). The van der Waals surface area contributed by atoms with Gasteiger partial charge in [0.1, 0.15) is 0 Å². The van der Waals surface area contributed by atoms with Crippen molar-refractivity contribution >= 4 is 12.1 Å². The molecule has 0 aliphatic carbocycles. The highest BCUT2D eigenvalue weighted by Gasteiger charge is 2.39. The van der Waals surface area contributed by atoms with Gasteiger partial charge in [-0.25, -0.2) is 9.59 Å². The SMILES string of the molecule is COC(=O)C(F)(F)F.NC(=O)O. The molecule has 0 aromatic rings. The predicted octanol–water partition coefficient (Wildman–Crippen LogP) is 0.345. The molecule has 1 amide bonds. The van der Waals surface area contributed by atoms with Crippen LogP contribution >= 0.6 is 0 Å². The highest BCUT2D eigenvalue weighted by Crippen LogP contribution is 2.15. The van der Waals surface area contributed by atoms with E-state index in [0.717, 1.165) is 0 Å². The molecule has 0 spiro atoms. The summed E-state index contributed by atoms with van der Waals surface area (Å²) < 4.78 is 36.3. The Hall–Kier alpha value is -1.47. The number of halogens is 3. The lowest BCUT2D eigenvalue weighted by Gasteiger charge is -1.99. The molecule has 0 aliphatic heterocycles. The van der Waals surface area contributed by atoms with E-state index in [1.165, 1.54) is 0 Å². The Labute approximate surface area is 64.9 Å². The number of hydrogen-bond acceptors (Lipinski definition) is 3. The number of ether oxygens (including phenoxy) is 1. The van der Waals surface area contributed by atoms with Crippen molar-refractivity contribution in [3.63, 3.8) is 0 Å². The van der Waals surface area contributed by atoms with Gasteiger partial charge in [0.05, 0.1) is 7.11 Å². The zero-order valence-corrected chi connectivity index (χ0v) is 5.88. The fraction of sp³-hybridized carbons (Fsp3) is 0.500. The largest absolute Gasteiger partial charge is 0.490 e. The lowest BCUT2D eigenvalue weighted by atomic mass is 10.7. The Morgan fingerprint density at radius 2 is 1.67 bits per heavy atom. The summed E-state index contributed by atoms with van der Waals surface area (Å²) in [5.74, 6) is -2.17. The number of carbonyl (C=O) groups is 2. The van der Waals surface area contributed by atoms with Gasteiger partial charge in [-0.1, -0.05) is 0 Å².